The molecule has 98 valence electrons. The van der Waals surface area contributed by atoms with E-state index in [-0.39, 0.29) is 17.3 Å². The van der Waals surface area contributed by atoms with Crippen LogP contribution in [0.5, 0.6) is 0 Å². The van der Waals surface area contributed by atoms with Crippen molar-refractivity contribution < 1.29 is 10.0 Å². The zero-order chi connectivity index (χ0) is 13.1. The lowest BCUT2D eigenvalue weighted by atomic mass is 9.73. The number of hydrogen-bond donors (Lipinski definition) is 3. The molecule has 1 unspecified atom stereocenters. The fourth-order valence-corrected chi connectivity index (χ4v) is 2.12. The first kappa shape index (κ1) is 13.8. The number of carbonyl (C=O) groups excluding carboxylic acids is 1. The van der Waals surface area contributed by atoms with Crippen molar-refractivity contribution in [1.29, 1.82) is 0 Å². The van der Waals surface area contributed by atoms with E-state index in [1.54, 1.807) is 6.92 Å². The molecule has 1 saturated carbocycles. The molecule has 0 aromatic rings. The number of nitrogens with two attached hydrogens (primary N) is 1. The Bertz CT molecular complexity index is 318. The smallest absolute Gasteiger partial charge is 0.234 e. The van der Waals surface area contributed by atoms with Gasteiger partial charge in [-0.05, 0) is 39.0 Å². The molecule has 1 aliphatic rings. The first-order valence-corrected chi connectivity index (χ1v) is 6.24. The molecular formula is C12H23N3O2. The van der Waals surface area contributed by atoms with E-state index in [1.165, 1.54) is 0 Å². The molecule has 1 amide bonds. The quantitative estimate of drug-likeness (QED) is 0.296. The highest BCUT2D eigenvalue weighted by molar-refractivity contribution is 6.06. The van der Waals surface area contributed by atoms with Crippen LogP contribution in [0.25, 0.3) is 0 Å². The van der Waals surface area contributed by atoms with Crippen LogP contribution >= 0.6 is 0 Å². The summed E-state index contributed by atoms with van der Waals surface area (Å²) >= 11 is 0. The zero-order valence-electron chi connectivity index (χ0n) is 10.9. The maximum atomic E-state index is 12.3. The molecule has 5 nitrogen and oxygen atoms in total. The Hall–Kier alpha value is -1.26. The summed E-state index contributed by atoms with van der Waals surface area (Å²) < 4.78 is 0. The molecule has 4 N–H and O–H groups in total. The van der Waals surface area contributed by atoms with Gasteiger partial charge in [0.2, 0.25) is 5.91 Å². The third kappa shape index (κ3) is 2.37. The molecule has 1 atom stereocenters. The normalized spacial score (nSPS) is 22.4. The van der Waals surface area contributed by atoms with E-state index >= 15 is 0 Å². The molecule has 1 fully saturated rings. The van der Waals surface area contributed by atoms with Crippen LogP contribution in [0.2, 0.25) is 0 Å². The lowest BCUT2D eigenvalue weighted by molar-refractivity contribution is -0.130. The molecule has 0 saturated heterocycles. The number of carbonyl (C=O) groups is 1. The summed E-state index contributed by atoms with van der Waals surface area (Å²) in [5.41, 5.74) is 4.63. The maximum absolute atomic E-state index is 12.3. The van der Waals surface area contributed by atoms with Crippen LogP contribution in [-0.2, 0) is 4.79 Å². The molecule has 0 aromatic carbocycles. The average Bonchev–Trinajstić information content (AvgIpc) is 2.31. The minimum absolute atomic E-state index is 0.0249. The van der Waals surface area contributed by atoms with Crippen molar-refractivity contribution in [3.8, 4) is 0 Å². The summed E-state index contributed by atoms with van der Waals surface area (Å²) in [7, 11) is 0. The SMILES string of the molecule is CCC1(NC(=O)C(C)(CC)C(N)=NO)CCC1. The van der Waals surface area contributed by atoms with Gasteiger partial charge >= 0.3 is 0 Å². The van der Waals surface area contributed by atoms with E-state index in [0.29, 0.717) is 6.42 Å². The molecule has 5 heteroatoms. The molecular weight excluding hydrogens is 218 g/mol. The van der Waals surface area contributed by atoms with Gasteiger partial charge in [0.25, 0.3) is 0 Å². The number of hydrogen-bond acceptors (Lipinski definition) is 3. The van der Waals surface area contributed by atoms with Crippen molar-refractivity contribution in [2.75, 3.05) is 0 Å². The first-order chi connectivity index (χ1) is 7.94. The third-order valence-electron chi connectivity index (χ3n) is 4.25. The van der Waals surface area contributed by atoms with Gasteiger partial charge in [-0.15, -0.1) is 0 Å². The van der Waals surface area contributed by atoms with Crippen molar-refractivity contribution >= 4 is 11.7 Å². The van der Waals surface area contributed by atoms with Crippen molar-refractivity contribution in [1.82, 2.24) is 5.32 Å². The number of nitrogens with one attached hydrogen (secondary N) is 1. The topological polar surface area (TPSA) is 87.7 Å². The minimum atomic E-state index is -0.924. The monoisotopic (exact) mass is 241 g/mol. The van der Waals surface area contributed by atoms with E-state index in [0.717, 1.165) is 25.7 Å². The molecule has 17 heavy (non-hydrogen) atoms. The van der Waals surface area contributed by atoms with Gasteiger partial charge in [-0.1, -0.05) is 19.0 Å². The standard InChI is InChI=1S/C12H23N3O2/c1-4-11(3,9(13)15-17)10(16)14-12(5-2)7-6-8-12/h17H,4-8H2,1-3H3,(H2,13,15)(H,14,16). The minimum Gasteiger partial charge on any atom is -0.409 e. The lowest BCUT2D eigenvalue weighted by Gasteiger charge is -2.44. The summed E-state index contributed by atoms with van der Waals surface area (Å²) in [5.74, 6) is -0.167. The fourth-order valence-electron chi connectivity index (χ4n) is 2.12. The summed E-state index contributed by atoms with van der Waals surface area (Å²) in [6.07, 6.45) is 4.63. The zero-order valence-corrected chi connectivity index (χ0v) is 10.9. The first-order valence-electron chi connectivity index (χ1n) is 6.24. The molecule has 0 aliphatic heterocycles. The van der Waals surface area contributed by atoms with Gasteiger partial charge in [-0.25, -0.2) is 0 Å². The van der Waals surface area contributed by atoms with Crippen molar-refractivity contribution in [3.63, 3.8) is 0 Å². The highest BCUT2D eigenvalue weighted by atomic mass is 16.4. The third-order valence-corrected chi connectivity index (χ3v) is 4.25. The molecule has 0 spiro atoms. The number of oxime groups is 1. The van der Waals surface area contributed by atoms with Crippen LogP contribution in [0.15, 0.2) is 5.16 Å². The van der Waals surface area contributed by atoms with E-state index < -0.39 is 5.41 Å². The molecule has 0 aromatic heterocycles. The van der Waals surface area contributed by atoms with Crippen molar-refractivity contribution in [2.24, 2.45) is 16.3 Å². The van der Waals surface area contributed by atoms with Crippen LogP contribution in [0.1, 0.15) is 52.9 Å². The van der Waals surface area contributed by atoms with Gasteiger partial charge in [-0.3, -0.25) is 4.79 Å². The molecule has 0 heterocycles. The van der Waals surface area contributed by atoms with Gasteiger partial charge < -0.3 is 16.3 Å². The predicted molar refractivity (Wildman–Crippen MR) is 66.8 cm³/mol. The van der Waals surface area contributed by atoms with Crippen LogP contribution < -0.4 is 11.1 Å². The van der Waals surface area contributed by atoms with Crippen LogP contribution in [0.4, 0.5) is 0 Å². The maximum Gasteiger partial charge on any atom is 0.234 e. The molecule has 1 rings (SSSR count). The van der Waals surface area contributed by atoms with Gasteiger partial charge in [0.05, 0.1) is 0 Å². The Morgan fingerprint density at radius 1 is 1.53 bits per heavy atom. The average molecular weight is 241 g/mol. The molecule has 0 bridgehead atoms. The Balaban J connectivity index is 2.80. The summed E-state index contributed by atoms with van der Waals surface area (Å²) in [6.45, 7) is 5.64. The van der Waals surface area contributed by atoms with Crippen LogP contribution in [-0.4, -0.2) is 22.5 Å². The fraction of sp³-hybridized carbons (Fsp3) is 0.833. The van der Waals surface area contributed by atoms with Gasteiger partial charge in [0.1, 0.15) is 5.41 Å². The second-order valence-corrected chi connectivity index (χ2v) is 5.11. The number of rotatable bonds is 5. The highest BCUT2D eigenvalue weighted by Gasteiger charge is 2.43. The molecule has 0 radical (unpaired) electrons. The Kier molecular flexibility index (Phi) is 4.01. The number of amidine groups is 1. The Labute approximate surface area is 102 Å². The summed E-state index contributed by atoms with van der Waals surface area (Å²) in [5, 5.41) is 14.8. The number of nitrogens with zero attached hydrogens (tertiary/aromatic N) is 1. The van der Waals surface area contributed by atoms with Gasteiger partial charge in [0.15, 0.2) is 5.84 Å². The van der Waals surface area contributed by atoms with Crippen molar-refractivity contribution in [3.05, 3.63) is 0 Å². The summed E-state index contributed by atoms with van der Waals surface area (Å²) in [4.78, 5) is 12.3. The van der Waals surface area contributed by atoms with E-state index in [2.05, 4.69) is 17.4 Å². The Morgan fingerprint density at radius 3 is 2.41 bits per heavy atom. The molecule has 1 aliphatic carbocycles. The van der Waals surface area contributed by atoms with Gasteiger partial charge in [-0.2, -0.15) is 0 Å². The van der Waals surface area contributed by atoms with E-state index in [9.17, 15) is 4.79 Å². The Morgan fingerprint density at radius 2 is 2.12 bits per heavy atom. The largest absolute Gasteiger partial charge is 0.409 e. The van der Waals surface area contributed by atoms with Crippen molar-refractivity contribution in [2.45, 2.75) is 58.4 Å². The second-order valence-electron chi connectivity index (χ2n) is 5.11. The lowest BCUT2D eigenvalue weighted by Crippen LogP contribution is -2.58. The van der Waals surface area contributed by atoms with Gasteiger partial charge in [0, 0.05) is 5.54 Å². The van der Waals surface area contributed by atoms with E-state index in [4.69, 9.17) is 10.9 Å². The van der Waals surface area contributed by atoms with Crippen LogP contribution in [0, 0.1) is 5.41 Å². The van der Waals surface area contributed by atoms with Crippen LogP contribution in [0.3, 0.4) is 0 Å². The van der Waals surface area contributed by atoms with E-state index in [1.807, 2.05) is 6.92 Å². The number of amides is 1. The second kappa shape index (κ2) is 4.94. The predicted octanol–water partition coefficient (Wildman–Crippen LogP) is 1.60. The highest BCUT2D eigenvalue weighted by Crippen LogP contribution is 2.36. The summed E-state index contributed by atoms with van der Waals surface area (Å²) in [6, 6.07) is 0.